The van der Waals surface area contributed by atoms with Crippen molar-refractivity contribution in [2.24, 2.45) is 17.6 Å². The zero-order valence-electron chi connectivity index (χ0n) is 10.9. The van der Waals surface area contributed by atoms with Gasteiger partial charge in [-0.15, -0.1) is 0 Å². The number of carbonyl (C=O) groups is 1. The van der Waals surface area contributed by atoms with Crippen LogP contribution in [0, 0.1) is 11.8 Å². The van der Waals surface area contributed by atoms with Crippen molar-refractivity contribution < 1.29 is 23.1 Å². The maximum atomic E-state index is 12.6. The van der Waals surface area contributed by atoms with Crippen molar-refractivity contribution in [1.82, 2.24) is 5.32 Å². The standard InChI is InChI=1S/C12H21F3N2O2/c1-7(18)10(16)6-17-11(19)8-3-2-4-9(5-8)12(13,14)15/h7-10,18H,2-6,16H2,1H3,(H,17,19). The van der Waals surface area contributed by atoms with Crippen LogP contribution in [0.2, 0.25) is 0 Å². The molecule has 1 fully saturated rings. The predicted molar refractivity (Wildman–Crippen MR) is 64.2 cm³/mol. The molecule has 0 aliphatic heterocycles. The molecule has 1 amide bonds. The van der Waals surface area contributed by atoms with Crippen molar-refractivity contribution in [1.29, 1.82) is 0 Å². The lowest BCUT2D eigenvalue weighted by atomic mass is 9.80. The molecule has 1 aliphatic rings. The van der Waals surface area contributed by atoms with Gasteiger partial charge < -0.3 is 16.2 Å². The van der Waals surface area contributed by atoms with E-state index in [0.29, 0.717) is 12.8 Å². The Morgan fingerprint density at radius 1 is 1.47 bits per heavy atom. The Morgan fingerprint density at radius 2 is 2.11 bits per heavy atom. The first-order chi connectivity index (χ1) is 8.71. The molecule has 0 aromatic rings. The van der Waals surface area contributed by atoms with Crippen LogP contribution in [0.3, 0.4) is 0 Å². The summed E-state index contributed by atoms with van der Waals surface area (Å²) in [6.07, 6.45) is -4.17. The zero-order chi connectivity index (χ0) is 14.6. The van der Waals surface area contributed by atoms with Crippen LogP contribution in [0.15, 0.2) is 0 Å². The van der Waals surface area contributed by atoms with E-state index in [-0.39, 0.29) is 19.4 Å². The summed E-state index contributed by atoms with van der Waals surface area (Å²) in [5, 5.41) is 11.7. The van der Waals surface area contributed by atoms with Gasteiger partial charge in [0.05, 0.1) is 12.0 Å². The third-order valence-corrected chi connectivity index (χ3v) is 3.64. The summed E-state index contributed by atoms with van der Waals surface area (Å²) >= 11 is 0. The normalized spacial score (nSPS) is 27.7. The summed E-state index contributed by atoms with van der Waals surface area (Å²) < 4.78 is 37.8. The van der Waals surface area contributed by atoms with Crippen LogP contribution in [-0.2, 0) is 4.79 Å². The van der Waals surface area contributed by atoms with E-state index in [1.165, 1.54) is 6.92 Å². The minimum Gasteiger partial charge on any atom is -0.392 e. The van der Waals surface area contributed by atoms with E-state index >= 15 is 0 Å². The number of hydrogen-bond acceptors (Lipinski definition) is 3. The minimum absolute atomic E-state index is 0.0731. The summed E-state index contributed by atoms with van der Waals surface area (Å²) in [6, 6.07) is -0.606. The van der Waals surface area contributed by atoms with Crippen LogP contribution in [-0.4, -0.2) is 35.9 Å². The molecule has 4 N–H and O–H groups in total. The molecule has 0 heterocycles. The molecular formula is C12H21F3N2O2. The number of carbonyl (C=O) groups excluding carboxylic acids is 1. The van der Waals surface area contributed by atoms with Crippen LogP contribution in [0.25, 0.3) is 0 Å². The van der Waals surface area contributed by atoms with Gasteiger partial charge in [0.2, 0.25) is 5.91 Å². The number of nitrogens with two attached hydrogens (primary N) is 1. The molecule has 4 unspecified atom stereocenters. The molecule has 0 bridgehead atoms. The highest BCUT2D eigenvalue weighted by atomic mass is 19.4. The van der Waals surface area contributed by atoms with Crippen molar-refractivity contribution in [2.45, 2.75) is 50.9 Å². The molecule has 0 spiro atoms. The summed E-state index contributed by atoms with van der Waals surface area (Å²) in [6.45, 7) is 1.57. The second-order valence-electron chi connectivity index (χ2n) is 5.25. The predicted octanol–water partition coefficient (Wildman–Crippen LogP) is 1.18. The van der Waals surface area contributed by atoms with Gasteiger partial charge in [0, 0.05) is 18.5 Å². The van der Waals surface area contributed by atoms with E-state index in [0.717, 1.165) is 0 Å². The van der Waals surface area contributed by atoms with E-state index in [4.69, 9.17) is 10.8 Å². The van der Waals surface area contributed by atoms with Crippen LogP contribution in [0.1, 0.15) is 32.6 Å². The molecule has 1 rings (SSSR count). The van der Waals surface area contributed by atoms with Gasteiger partial charge in [-0.25, -0.2) is 0 Å². The quantitative estimate of drug-likeness (QED) is 0.725. The van der Waals surface area contributed by atoms with E-state index in [1.54, 1.807) is 0 Å². The van der Waals surface area contributed by atoms with Gasteiger partial charge in [0.1, 0.15) is 0 Å². The van der Waals surface area contributed by atoms with Crippen molar-refractivity contribution in [3.05, 3.63) is 0 Å². The van der Waals surface area contributed by atoms with Crippen molar-refractivity contribution in [3.63, 3.8) is 0 Å². The monoisotopic (exact) mass is 282 g/mol. The van der Waals surface area contributed by atoms with Gasteiger partial charge in [-0.2, -0.15) is 13.2 Å². The molecule has 1 aliphatic carbocycles. The van der Waals surface area contributed by atoms with Crippen molar-refractivity contribution in [2.75, 3.05) is 6.54 Å². The SMILES string of the molecule is CC(O)C(N)CNC(=O)C1CCCC(C(F)(F)F)C1. The molecule has 4 atom stereocenters. The van der Waals surface area contributed by atoms with Gasteiger partial charge in [0.15, 0.2) is 0 Å². The van der Waals surface area contributed by atoms with E-state index in [9.17, 15) is 18.0 Å². The maximum absolute atomic E-state index is 12.6. The third-order valence-electron chi connectivity index (χ3n) is 3.64. The molecular weight excluding hydrogens is 261 g/mol. The lowest BCUT2D eigenvalue weighted by Crippen LogP contribution is -2.46. The van der Waals surface area contributed by atoms with Crippen molar-refractivity contribution in [3.8, 4) is 0 Å². The first-order valence-electron chi connectivity index (χ1n) is 6.50. The van der Waals surface area contributed by atoms with Crippen LogP contribution >= 0.6 is 0 Å². The second-order valence-corrected chi connectivity index (χ2v) is 5.25. The highest BCUT2D eigenvalue weighted by Gasteiger charge is 2.43. The average molecular weight is 282 g/mol. The fourth-order valence-corrected chi connectivity index (χ4v) is 2.26. The Bertz CT molecular complexity index is 308. The molecule has 7 heteroatoms. The summed E-state index contributed by atoms with van der Waals surface area (Å²) in [7, 11) is 0. The highest BCUT2D eigenvalue weighted by Crippen LogP contribution is 2.39. The first kappa shape index (κ1) is 16.2. The topological polar surface area (TPSA) is 75.3 Å². The van der Waals surface area contributed by atoms with E-state index in [1.807, 2.05) is 0 Å². The molecule has 0 radical (unpaired) electrons. The Labute approximate surface area is 110 Å². The van der Waals surface area contributed by atoms with E-state index < -0.39 is 36.1 Å². The molecule has 0 aromatic heterocycles. The number of nitrogens with one attached hydrogen (secondary N) is 1. The number of aliphatic hydroxyl groups is 1. The van der Waals surface area contributed by atoms with Crippen LogP contribution < -0.4 is 11.1 Å². The Balaban J connectivity index is 2.44. The fraction of sp³-hybridized carbons (Fsp3) is 0.917. The van der Waals surface area contributed by atoms with Crippen LogP contribution in [0.5, 0.6) is 0 Å². The average Bonchev–Trinajstić information content (AvgIpc) is 2.34. The molecule has 0 saturated heterocycles. The molecule has 112 valence electrons. The Morgan fingerprint density at radius 3 is 2.63 bits per heavy atom. The molecule has 19 heavy (non-hydrogen) atoms. The first-order valence-corrected chi connectivity index (χ1v) is 6.50. The zero-order valence-corrected chi connectivity index (χ0v) is 10.9. The number of aliphatic hydroxyl groups excluding tert-OH is 1. The summed E-state index contributed by atoms with van der Waals surface area (Å²) in [5.74, 6) is -2.39. The Hall–Kier alpha value is -0.820. The summed E-state index contributed by atoms with van der Waals surface area (Å²) in [4.78, 5) is 11.8. The number of halogens is 3. The van der Waals surface area contributed by atoms with E-state index in [2.05, 4.69) is 5.32 Å². The summed E-state index contributed by atoms with van der Waals surface area (Å²) in [5.41, 5.74) is 5.55. The third kappa shape index (κ3) is 4.99. The second kappa shape index (κ2) is 6.56. The highest BCUT2D eigenvalue weighted by molar-refractivity contribution is 5.78. The molecule has 0 aromatic carbocycles. The Kier molecular flexibility index (Phi) is 5.61. The van der Waals surface area contributed by atoms with Gasteiger partial charge in [-0.3, -0.25) is 4.79 Å². The number of hydrogen-bond donors (Lipinski definition) is 3. The van der Waals surface area contributed by atoms with Gasteiger partial charge >= 0.3 is 6.18 Å². The van der Waals surface area contributed by atoms with Gasteiger partial charge in [-0.05, 0) is 26.2 Å². The minimum atomic E-state index is -4.23. The maximum Gasteiger partial charge on any atom is 0.391 e. The van der Waals surface area contributed by atoms with Gasteiger partial charge in [0.25, 0.3) is 0 Å². The number of amides is 1. The lowest BCUT2D eigenvalue weighted by Gasteiger charge is -2.30. The van der Waals surface area contributed by atoms with Crippen molar-refractivity contribution >= 4 is 5.91 Å². The lowest BCUT2D eigenvalue weighted by molar-refractivity contribution is -0.186. The van der Waals surface area contributed by atoms with Crippen LogP contribution in [0.4, 0.5) is 13.2 Å². The fourth-order valence-electron chi connectivity index (χ4n) is 2.26. The number of rotatable bonds is 4. The largest absolute Gasteiger partial charge is 0.392 e. The number of alkyl halides is 3. The smallest absolute Gasteiger partial charge is 0.391 e. The van der Waals surface area contributed by atoms with Gasteiger partial charge in [-0.1, -0.05) is 6.42 Å². The molecule has 4 nitrogen and oxygen atoms in total. The molecule has 1 saturated carbocycles.